The standard InChI is InChI=1S/C15H18N2/c1-10-6-7-11-8-16-9-17(11)14(10)15(2)12-4-3-5-13(12)15/h6-9,12-13H,3-5H2,1-2H3. The number of nitrogens with zero attached hydrogens (tertiary/aromatic N) is 2. The first kappa shape index (κ1) is 9.69. The van der Waals surface area contributed by atoms with Crippen molar-refractivity contribution in [2.75, 3.05) is 0 Å². The highest BCUT2D eigenvalue weighted by atomic mass is 15.0. The van der Waals surface area contributed by atoms with Gasteiger partial charge in [0, 0.05) is 11.1 Å². The van der Waals surface area contributed by atoms with E-state index in [1.807, 2.05) is 12.5 Å². The molecular weight excluding hydrogens is 208 g/mol. The number of hydrogen-bond acceptors (Lipinski definition) is 1. The summed E-state index contributed by atoms with van der Waals surface area (Å²) in [7, 11) is 0. The topological polar surface area (TPSA) is 17.3 Å². The number of fused-ring (bicyclic) bond motifs is 2. The van der Waals surface area contributed by atoms with Crippen LogP contribution in [0.15, 0.2) is 24.7 Å². The molecule has 17 heavy (non-hydrogen) atoms. The second kappa shape index (κ2) is 2.92. The highest BCUT2D eigenvalue weighted by molar-refractivity contribution is 5.51. The van der Waals surface area contributed by atoms with Crippen molar-refractivity contribution >= 4 is 5.52 Å². The molecule has 88 valence electrons. The molecule has 2 heterocycles. The largest absolute Gasteiger partial charge is 0.302 e. The second-order valence-corrected chi connectivity index (χ2v) is 5.98. The third kappa shape index (κ3) is 1.04. The van der Waals surface area contributed by atoms with Gasteiger partial charge in [-0.25, -0.2) is 4.98 Å². The first-order valence-electron chi connectivity index (χ1n) is 6.65. The number of pyridine rings is 1. The Morgan fingerprint density at radius 1 is 1.29 bits per heavy atom. The van der Waals surface area contributed by atoms with Gasteiger partial charge >= 0.3 is 0 Å². The van der Waals surface area contributed by atoms with E-state index in [-0.39, 0.29) is 0 Å². The van der Waals surface area contributed by atoms with Crippen molar-refractivity contribution in [3.63, 3.8) is 0 Å². The minimum absolute atomic E-state index is 0.419. The first-order chi connectivity index (χ1) is 8.23. The van der Waals surface area contributed by atoms with Gasteiger partial charge < -0.3 is 4.40 Å². The molecule has 2 nitrogen and oxygen atoms in total. The average Bonchev–Trinajstić information content (AvgIpc) is 2.81. The van der Waals surface area contributed by atoms with E-state index in [1.165, 1.54) is 36.0 Å². The summed E-state index contributed by atoms with van der Waals surface area (Å²) in [6, 6.07) is 4.43. The highest BCUT2D eigenvalue weighted by Crippen LogP contribution is 2.67. The van der Waals surface area contributed by atoms with Gasteiger partial charge in [-0.15, -0.1) is 0 Å². The van der Waals surface area contributed by atoms with Crippen LogP contribution in [-0.2, 0) is 5.41 Å². The van der Waals surface area contributed by atoms with Gasteiger partial charge in [0.2, 0.25) is 0 Å². The van der Waals surface area contributed by atoms with Crippen molar-refractivity contribution in [2.45, 2.75) is 38.5 Å². The summed E-state index contributed by atoms with van der Waals surface area (Å²) in [6.45, 7) is 4.71. The smallest absolute Gasteiger partial charge is 0.0994 e. The average molecular weight is 226 g/mol. The van der Waals surface area contributed by atoms with Crippen LogP contribution in [0, 0.1) is 18.8 Å². The summed E-state index contributed by atoms with van der Waals surface area (Å²) >= 11 is 0. The Balaban J connectivity index is 1.96. The second-order valence-electron chi connectivity index (χ2n) is 5.98. The molecule has 2 saturated carbocycles. The van der Waals surface area contributed by atoms with E-state index in [4.69, 9.17) is 0 Å². The molecule has 2 aromatic heterocycles. The number of aromatic nitrogens is 2. The van der Waals surface area contributed by atoms with Crippen molar-refractivity contribution < 1.29 is 0 Å². The van der Waals surface area contributed by atoms with Gasteiger partial charge in [0.05, 0.1) is 18.0 Å². The van der Waals surface area contributed by atoms with Crippen LogP contribution in [0.1, 0.15) is 37.4 Å². The Morgan fingerprint density at radius 2 is 2.06 bits per heavy atom. The van der Waals surface area contributed by atoms with E-state index in [0.29, 0.717) is 5.41 Å². The predicted octanol–water partition coefficient (Wildman–Crippen LogP) is 3.33. The lowest BCUT2D eigenvalue weighted by atomic mass is 9.90. The zero-order chi connectivity index (χ0) is 11.6. The van der Waals surface area contributed by atoms with Gasteiger partial charge in [0.25, 0.3) is 0 Å². The number of imidazole rings is 1. The van der Waals surface area contributed by atoms with Crippen LogP contribution in [0.5, 0.6) is 0 Å². The van der Waals surface area contributed by atoms with Crippen LogP contribution in [-0.4, -0.2) is 9.38 Å². The molecule has 0 amide bonds. The van der Waals surface area contributed by atoms with E-state index in [0.717, 1.165) is 11.8 Å². The first-order valence-corrected chi connectivity index (χ1v) is 6.65. The van der Waals surface area contributed by atoms with E-state index in [2.05, 4.69) is 35.4 Å². The molecule has 2 fully saturated rings. The van der Waals surface area contributed by atoms with Crippen LogP contribution in [0.4, 0.5) is 0 Å². The lowest BCUT2D eigenvalue weighted by Crippen LogP contribution is -2.15. The minimum atomic E-state index is 0.419. The molecule has 0 radical (unpaired) electrons. The van der Waals surface area contributed by atoms with Crippen molar-refractivity contribution in [2.24, 2.45) is 11.8 Å². The minimum Gasteiger partial charge on any atom is -0.302 e. The van der Waals surface area contributed by atoms with Crippen molar-refractivity contribution in [1.29, 1.82) is 0 Å². The summed E-state index contributed by atoms with van der Waals surface area (Å²) in [5.74, 6) is 1.85. The van der Waals surface area contributed by atoms with E-state index in [9.17, 15) is 0 Å². The number of rotatable bonds is 1. The lowest BCUT2D eigenvalue weighted by Gasteiger charge is -2.20. The summed E-state index contributed by atoms with van der Waals surface area (Å²) in [4.78, 5) is 4.30. The summed E-state index contributed by atoms with van der Waals surface area (Å²) in [5.41, 5.74) is 4.59. The Kier molecular flexibility index (Phi) is 1.67. The maximum Gasteiger partial charge on any atom is 0.0994 e. The Labute approximate surface area is 102 Å². The van der Waals surface area contributed by atoms with Crippen LogP contribution in [0.3, 0.4) is 0 Å². The Bertz CT molecular complexity index is 586. The van der Waals surface area contributed by atoms with E-state index >= 15 is 0 Å². The summed E-state index contributed by atoms with van der Waals surface area (Å²) in [5, 5.41) is 0. The molecule has 2 atom stereocenters. The fourth-order valence-electron chi connectivity index (χ4n) is 4.39. The molecule has 0 aliphatic heterocycles. The zero-order valence-electron chi connectivity index (χ0n) is 10.5. The zero-order valence-corrected chi connectivity index (χ0v) is 10.5. The number of aryl methyl sites for hydroxylation is 1. The van der Waals surface area contributed by atoms with E-state index in [1.54, 1.807) is 0 Å². The van der Waals surface area contributed by atoms with Gasteiger partial charge in [-0.05, 0) is 43.2 Å². The molecule has 0 aromatic carbocycles. The molecule has 2 aliphatic carbocycles. The van der Waals surface area contributed by atoms with E-state index < -0.39 is 0 Å². The molecule has 2 aromatic rings. The molecule has 0 spiro atoms. The van der Waals surface area contributed by atoms with Crippen LogP contribution in [0.2, 0.25) is 0 Å². The fraction of sp³-hybridized carbons (Fsp3) is 0.533. The van der Waals surface area contributed by atoms with Gasteiger partial charge in [-0.3, -0.25) is 0 Å². The Hall–Kier alpha value is -1.31. The fourth-order valence-corrected chi connectivity index (χ4v) is 4.39. The van der Waals surface area contributed by atoms with Gasteiger partial charge in [-0.2, -0.15) is 0 Å². The quantitative estimate of drug-likeness (QED) is 0.729. The van der Waals surface area contributed by atoms with Crippen molar-refractivity contribution in [3.8, 4) is 0 Å². The molecule has 2 aliphatic rings. The normalized spacial score (nSPS) is 35.2. The predicted molar refractivity (Wildman–Crippen MR) is 68.1 cm³/mol. The van der Waals surface area contributed by atoms with Crippen LogP contribution < -0.4 is 0 Å². The lowest BCUT2D eigenvalue weighted by molar-refractivity contribution is 0.528. The van der Waals surface area contributed by atoms with Crippen molar-refractivity contribution in [1.82, 2.24) is 9.38 Å². The summed E-state index contributed by atoms with van der Waals surface area (Å²) < 4.78 is 2.31. The summed E-state index contributed by atoms with van der Waals surface area (Å²) in [6.07, 6.45) is 8.22. The van der Waals surface area contributed by atoms with Gasteiger partial charge in [-0.1, -0.05) is 19.4 Å². The van der Waals surface area contributed by atoms with Crippen LogP contribution >= 0.6 is 0 Å². The Morgan fingerprint density at radius 3 is 2.82 bits per heavy atom. The van der Waals surface area contributed by atoms with Crippen LogP contribution in [0.25, 0.3) is 5.52 Å². The SMILES string of the molecule is Cc1ccc2cncn2c1C1(C)C2CCCC21. The molecule has 2 unspecified atom stereocenters. The van der Waals surface area contributed by atoms with Gasteiger partial charge in [0.1, 0.15) is 0 Å². The molecular formula is C15H18N2. The third-order valence-electron chi connectivity index (χ3n) is 5.24. The maximum atomic E-state index is 4.30. The molecule has 0 bridgehead atoms. The molecule has 0 N–H and O–H groups in total. The maximum absolute atomic E-state index is 4.30. The van der Waals surface area contributed by atoms with Gasteiger partial charge in [0.15, 0.2) is 0 Å². The molecule has 4 rings (SSSR count). The molecule has 0 saturated heterocycles. The highest BCUT2D eigenvalue weighted by Gasteiger charge is 2.64. The number of hydrogen-bond donors (Lipinski definition) is 0. The third-order valence-corrected chi connectivity index (χ3v) is 5.24. The monoisotopic (exact) mass is 226 g/mol. The molecule has 2 heteroatoms. The van der Waals surface area contributed by atoms with Crippen molar-refractivity contribution in [3.05, 3.63) is 35.9 Å².